The molecule has 14 heavy (non-hydrogen) atoms. The molecule has 0 aromatic carbocycles. The number of rotatable bonds is 4. The first-order chi connectivity index (χ1) is 6.37. The van der Waals surface area contributed by atoms with Gasteiger partial charge in [0.2, 0.25) is 10.0 Å². The molecule has 0 aromatic rings. The van der Waals surface area contributed by atoms with Crippen LogP contribution in [-0.2, 0) is 19.9 Å². The van der Waals surface area contributed by atoms with Crippen molar-refractivity contribution in [1.82, 2.24) is 4.72 Å². The Morgan fingerprint density at radius 1 is 1.43 bits per heavy atom. The SMILES string of the molecule is CCCNS(=O)(=O)[C@H]1CCS(=O)(=O)C1. The first-order valence-electron chi connectivity index (χ1n) is 4.56. The maximum absolute atomic E-state index is 11.5. The normalized spacial score (nSPS) is 26.5. The lowest BCUT2D eigenvalue weighted by Gasteiger charge is -2.09. The van der Waals surface area contributed by atoms with E-state index in [1.807, 2.05) is 6.92 Å². The molecule has 1 fully saturated rings. The van der Waals surface area contributed by atoms with E-state index < -0.39 is 25.1 Å². The van der Waals surface area contributed by atoms with Gasteiger partial charge in [0.25, 0.3) is 0 Å². The fourth-order valence-corrected chi connectivity index (χ4v) is 5.55. The van der Waals surface area contributed by atoms with Crippen LogP contribution in [0.2, 0.25) is 0 Å². The molecular weight excluding hydrogens is 226 g/mol. The van der Waals surface area contributed by atoms with Gasteiger partial charge in [0.15, 0.2) is 9.84 Å². The van der Waals surface area contributed by atoms with Gasteiger partial charge in [0.1, 0.15) is 0 Å². The minimum absolute atomic E-state index is 0.00922. The van der Waals surface area contributed by atoms with Crippen LogP contribution in [-0.4, -0.2) is 40.1 Å². The smallest absolute Gasteiger partial charge is 0.215 e. The summed E-state index contributed by atoms with van der Waals surface area (Å²) in [5, 5.41) is -0.751. The first kappa shape index (κ1) is 11.9. The predicted molar refractivity (Wildman–Crippen MR) is 54.3 cm³/mol. The Balaban J connectivity index is 2.67. The van der Waals surface area contributed by atoms with Gasteiger partial charge < -0.3 is 0 Å². The fraction of sp³-hybridized carbons (Fsp3) is 1.00. The van der Waals surface area contributed by atoms with Crippen molar-refractivity contribution >= 4 is 19.9 Å². The van der Waals surface area contributed by atoms with Crippen LogP contribution in [0.3, 0.4) is 0 Å². The Bertz CT molecular complexity index is 384. The third-order valence-corrected chi connectivity index (χ3v) is 6.05. The molecule has 1 N–H and O–H groups in total. The van der Waals surface area contributed by atoms with Crippen molar-refractivity contribution in [3.8, 4) is 0 Å². The van der Waals surface area contributed by atoms with Crippen molar-refractivity contribution in [2.45, 2.75) is 25.0 Å². The van der Waals surface area contributed by atoms with Crippen LogP contribution in [0, 0.1) is 0 Å². The zero-order chi connectivity index (χ0) is 10.8. The fourth-order valence-electron chi connectivity index (χ4n) is 1.37. The molecule has 7 heteroatoms. The van der Waals surface area contributed by atoms with E-state index in [1.165, 1.54) is 0 Å². The van der Waals surface area contributed by atoms with Gasteiger partial charge in [-0.05, 0) is 12.8 Å². The molecule has 1 rings (SSSR count). The Morgan fingerprint density at radius 3 is 2.50 bits per heavy atom. The minimum Gasteiger partial charge on any atom is -0.229 e. The molecule has 0 spiro atoms. The molecule has 0 amide bonds. The van der Waals surface area contributed by atoms with Gasteiger partial charge >= 0.3 is 0 Å². The number of nitrogens with one attached hydrogen (secondary N) is 1. The highest BCUT2D eigenvalue weighted by molar-refractivity contribution is 7.95. The summed E-state index contributed by atoms with van der Waals surface area (Å²) in [4.78, 5) is 0. The number of sulfone groups is 1. The molecule has 0 saturated carbocycles. The van der Waals surface area contributed by atoms with E-state index in [9.17, 15) is 16.8 Å². The van der Waals surface area contributed by atoms with Crippen molar-refractivity contribution in [3.05, 3.63) is 0 Å². The monoisotopic (exact) mass is 241 g/mol. The van der Waals surface area contributed by atoms with Crippen molar-refractivity contribution < 1.29 is 16.8 Å². The van der Waals surface area contributed by atoms with Gasteiger partial charge in [-0.2, -0.15) is 0 Å². The van der Waals surface area contributed by atoms with Gasteiger partial charge in [-0.1, -0.05) is 6.92 Å². The van der Waals surface area contributed by atoms with Crippen LogP contribution in [0.5, 0.6) is 0 Å². The third kappa shape index (κ3) is 2.93. The van der Waals surface area contributed by atoms with Crippen LogP contribution < -0.4 is 4.72 Å². The number of sulfonamides is 1. The summed E-state index contributed by atoms with van der Waals surface area (Å²) in [5.74, 6) is -0.239. The summed E-state index contributed by atoms with van der Waals surface area (Å²) in [5.41, 5.74) is 0. The van der Waals surface area contributed by atoms with Crippen molar-refractivity contribution in [2.75, 3.05) is 18.1 Å². The van der Waals surface area contributed by atoms with Gasteiger partial charge in [0, 0.05) is 6.54 Å². The van der Waals surface area contributed by atoms with Crippen LogP contribution in [0.1, 0.15) is 19.8 Å². The molecule has 1 heterocycles. The van der Waals surface area contributed by atoms with Gasteiger partial charge in [0.05, 0.1) is 16.8 Å². The third-order valence-electron chi connectivity index (χ3n) is 2.18. The second-order valence-electron chi connectivity index (χ2n) is 3.46. The Kier molecular flexibility index (Phi) is 3.54. The average Bonchev–Trinajstić information content (AvgIpc) is 2.43. The van der Waals surface area contributed by atoms with Crippen LogP contribution >= 0.6 is 0 Å². The van der Waals surface area contributed by atoms with Gasteiger partial charge in [-0.15, -0.1) is 0 Å². The molecule has 5 nitrogen and oxygen atoms in total. The summed E-state index contributed by atoms with van der Waals surface area (Å²) >= 11 is 0. The molecule has 1 atom stereocenters. The van der Waals surface area contributed by atoms with E-state index >= 15 is 0 Å². The second kappa shape index (κ2) is 4.16. The van der Waals surface area contributed by atoms with Crippen LogP contribution in [0.4, 0.5) is 0 Å². The molecule has 84 valence electrons. The van der Waals surface area contributed by atoms with E-state index in [1.54, 1.807) is 0 Å². The predicted octanol–water partition coefficient (Wildman–Crippen LogP) is -0.497. The van der Waals surface area contributed by atoms with Gasteiger partial charge in [-0.3, -0.25) is 0 Å². The topological polar surface area (TPSA) is 80.3 Å². The Hall–Kier alpha value is -0.140. The minimum atomic E-state index is -3.42. The zero-order valence-electron chi connectivity index (χ0n) is 8.06. The van der Waals surface area contributed by atoms with E-state index in [0.29, 0.717) is 13.0 Å². The molecule has 0 bridgehead atoms. The average molecular weight is 241 g/mol. The lowest BCUT2D eigenvalue weighted by atomic mass is 10.4. The quantitative estimate of drug-likeness (QED) is 0.719. The van der Waals surface area contributed by atoms with E-state index in [0.717, 1.165) is 0 Å². The summed E-state index contributed by atoms with van der Waals surface area (Å²) in [7, 11) is -6.55. The van der Waals surface area contributed by atoms with Crippen LogP contribution in [0.15, 0.2) is 0 Å². The highest BCUT2D eigenvalue weighted by Gasteiger charge is 2.36. The van der Waals surface area contributed by atoms with Gasteiger partial charge in [-0.25, -0.2) is 21.6 Å². The van der Waals surface area contributed by atoms with Crippen molar-refractivity contribution in [3.63, 3.8) is 0 Å². The molecule has 1 aliphatic rings. The lowest BCUT2D eigenvalue weighted by Crippen LogP contribution is -2.35. The molecule has 1 aliphatic heterocycles. The van der Waals surface area contributed by atoms with E-state index in [2.05, 4.69) is 4.72 Å². The molecule has 1 saturated heterocycles. The summed E-state index contributed by atoms with van der Waals surface area (Å²) < 4.78 is 47.5. The maximum atomic E-state index is 11.5. The number of hydrogen-bond acceptors (Lipinski definition) is 4. The molecule has 0 aromatic heterocycles. The van der Waals surface area contributed by atoms with Crippen molar-refractivity contribution in [1.29, 1.82) is 0 Å². The second-order valence-corrected chi connectivity index (χ2v) is 7.74. The van der Waals surface area contributed by atoms with E-state index in [-0.39, 0.29) is 17.9 Å². The number of hydrogen-bond donors (Lipinski definition) is 1. The Labute approximate surface area is 84.9 Å². The molecular formula is C7H15NO4S2. The summed E-state index contributed by atoms with van der Waals surface area (Å²) in [6.45, 7) is 2.23. The standard InChI is InChI=1S/C7H15NO4S2/c1-2-4-8-14(11,12)7-3-5-13(9,10)6-7/h7-8H,2-6H2,1H3/t7-/m0/s1. The first-order valence-corrected chi connectivity index (χ1v) is 7.93. The molecule has 0 radical (unpaired) electrons. The highest BCUT2D eigenvalue weighted by Crippen LogP contribution is 2.17. The maximum Gasteiger partial charge on any atom is 0.215 e. The van der Waals surface area contributed by atoms with Crippen molar-refractivity contribution in [2.24, 2.45) is 0 Å². The zero-order valence-corrected chi connectivity index (χ0v) is 9.70. The highest BCUT2D eigenvalue weighted by atomic mass is 32.2. The molecule has 0 aliphatic carbocycles. The largest absolute Gasteiger partial charge is 0.229 e. The lowest BCUT2D eigenvalue weighted by molar-refractivity contribution is 0.567. The summed E-state index contributed by atoms with van der Waals surface area (Å²) in [6, 6.07) is 0. The van der Waals surface area contributed by atoms with Crippen LogP contribution in [0.25, 0.3) is 0 Å². The Morgan fingerprint density at radius 2 is 2.07 bits per heavy atom. The molecule has 0 unspecified atom stereocenters. The van der Waals surface area contributed by atoms with E-state index in [4.69, 9.17) is 0 Å². The summed E-state index contributed by atoms with van der Waals surface area (Å²) in [6.07, 6.45) is 0.931.